The van der Waals surface area contributed by atoms with Crippen LogP contribution in [0.1, 0.15) is 68.1 Å². The molecule has 0 spiro atoms. The van der Waals surface area contributed by atoms with E-state index in [0.29, 0.717) is 32.9 Å². The van der Waals surface area contributed by atoms with Gasteiger partial charge < -0.3 is 15.2 Å². The second kappa shape index (κ2) is 7.48. The van der Waals surface area contributed by atoms with E-state index >= 15 is 0 Å². The van der Waals surface area contributed by atoms with Crippen LogP contribution in [-0.2, 0) is 4.79 Å². The normalized spacial score (nSPS) is 35.7. The molecule has 2 heterocycles. The Morgan fingerprint density at radius 1 is 1.26 bits per heavy atom. The van der Waals surface area contributed by atoms with Crippen molar-refractivity contribution in [2.45, 2.75) is 69.8 Å². The Labute approximate surface area is 173 Å². The number of carbonyl (C=O) groups is 2. The number of anilines is 1. The van der Waals surface area contributed by atoms with E-state index in [9.17, 15) is 9.59 Å². The van der Waals surface area contributed by atoms with Gasteiger partial charge in [0.1, 0.15) is 10.7 Å². The molecule has 0 radical (unpaired) electrons. The smallest absolute Gasteiger partial charge is 0.265 e. The van der Waals surface area contributed by atoms with Gasteiger partial charge in [0.2, 0.25) is 5.91 Å². The molecule has 0 aromatic carbocycles. The van der Waals surface area contributed by atoms with E-state index < -0.39 is 0 Å². The first kappa shape index (κ1) is 19.4. The number of thiazole rings is 1. The molecule has 2 N–H and O–H groups in total. The largest absolute Gasteiger partial charge is 0.348 e. The highest BCUT2D eigenvalue weighted by molar-refractivity contribution is 7.73. The van der Waals surface area contributed by atoms with Crippen LogP contribution in [0.3, 0.4) is 0 Å². The molecule has 2 fully saturated rings. The predicted octanol–water partition coefficient (Wildman–Crippen LogP) is 4.73. The number of aromatic nitrogens is 1. The second-order valence-corrected chi connectivity index (χ2v) is 10.7. The van der Waals surface area contributed by atoms with Crippen LogP contribution in [0.5, 0.6) is 0 Å². The van der Waals surface area contributed by atoms with E-state index in [4.69, 9.17) is 23.8 Å². The Balaban J connectivity index is 1.59. The number of nitrogens with one attached hydrogen (secondary N) is 2. The Morgan fingerprint density at radius 2 is 2.04 bits per heavy atom. The highest BCUT2D eigenvalue weighted by Crippen LogP contribution is 2.44. The Hall–Kier alpha value is -0.920. The summed E-state index contributed by atoms with van der Waals surface area (Å²) in [5, 5.41) is 6.19. The van der Waals surface area contributed by atoms with Crippen molar-refractivity contribution in [2.75, 3.05) is 5.32 Å². The van der Waals surface area contributed by atoms with E-state index in [1.165, 1.54) is 11.3 Å². The number of hydrogen-bond donors (Lipinski definition) is 2. The minimum absolute atomic E-state index is 0.0171. The topological polar surface area (TPSA) is 63.1 Å². The predicted molar refractivity (Wildman–Crippen MR) is 111 cm³/mol. The van der Waals surface area contributed by atoms with Crippen molar-refractivity contribution in [3.8, 4) is 0 Å². The fraction of sp³-hybridized carbons (Fsp3) is 0.737. The molecule has 6 unspecified atom stereocenters. The summed E-state index contributed by atoms with van der Waals surface area (Å²) in [7, 11) is 0. The molecule has 0 bridgehead atoms. The zero-order chi connectivity index (χ0) is 19.3. The third kappa shape index (κ3) is 3.58. The molecule has 1 aromatic rings. The van der Waals surface area contributed by atoms with Gasteiger partial charge in [-0.1, -0.05) is 25.2 Å². The van der Waals surface area contributed by atoms with Gasteiger partial charge in [-0.3, -0.25) is 9.59 Å². The number of amides is 2. The van der Waals surface area contributed by atoms with Gasteiger partial charge in [-0.05, 0) is 62.6 Å². The van der Waals surface area contributed by atoms with Gasteiger partial charge in [0.05, 0.1) is 5.92 Å². The van der Waals surface area contributed by atoms with Gasteiger partial charge in [0.25, 0.3) is 5.91 Å². The van der Waals surface area contributed by atoms with Crippen molar-refractivity contribution < 1.29 is 9.59 Å². The average Bonchev–Trinajstić information content (AvgIpc) is 2.94. The highest BCUT2D eigenvalue weighted by Gasteiger charge is 2.42. The van der Waals surface area contributed by atoms with Gasteiger partial charge in [-0.2, -0.15) is 0 Å². The third-order valence-corrected chi connectivity index (χ3v) is 8.25. The summed E-state index contributed by atoms with van der Waals surface area (Å²) in [6.07, 6.45) is 5.63. The van der Waals surface area contributed by atoms with Crippen molar-refractivity contribution in [3.63, 3.8) is 0 Å². The molecule has 1 aliphatic heterocycles. The molecule has 3 aliphatic rings. The molecule has 6 atom stereocenters. The zero-order valence-corrected chi connectivity index (χ0v) is 18.1. The number of halogens is 1. The number of carbonyl (C=O) groups excluding carboxylic acids is 2. The maximum atomic E-state index is 13.0. The van der Waals surface area contributed by atoms with E-state index in [2.05, 4.69) is 24.5 Å². The highest BCUT2D eigenvalue weighted by atomic mass is 35.5. The van der Waals surface area contributed by atoms with Crippen LogP contribution in [0.25, 0.3) is 0 Å². The number of fused-ring (bicyclic) bond motifs is 3. The lowest BCUT2D eigenvalue weighted by Gasteiger charge is -2.38. The second-order valence-electron chi connectivity index (χ2n) is 8.46. The van der Waals surface area contributed by atoms with Crippen molar-refractivity contribution >= 4 is 52.8 Å². The first-order valence-electron chi connectivity index (χ1n) is 9.86. The summed E-state index contributed by atoms with van der Waals surface area (Å²) in [5.74, 6) is 1.44. The number of hydrogen-bond acceptors (Lipinski definition) is 4. The SMILES string of the molecule is CC1CCC(NC(=O)c2sc(=S)n3c2NC(=O)C2CC(Cl)CCC23)C(C)C1. The fourth-order valence-corrected chi connectivity index (χ4v) is 6.67. The fourth-order valence-electron chi connectivity index (χ4n) is 4.97. The molecule has 148 valence electrons. The van der Waals surface area contributed by atoms with Gasteiger partial charge in [0, 0.05) is 17.5 Å². The van der Waals surface area contributed by atoms with E-state index in [1.807, 2.05) is 4.57 Å². The summed E-state index contributed by atoms with van der Waals surface area (Å²) in [6, 6.07) is 0.201. The monoisotopic (exact) mass is 427 g/mol. The van der Waals surface area contributed by atoms with Gasteiger partial charge >= 0.3 is 0 Å². The average molecular weight is 428 g/mol. The van der Waals surface area contributed by atoms with Crippen LogP contribution in [0, 0.1) is 21.7 Å². The van der Waals surface area contributed by atoms with Crippen molar-refractivity contribution in [1.29, 1.82) is 0 Å². The Morgan fingerprint density at radius 3 is 2.78 bits per heavy atom. The molecule has 8 heteroatoms. The Bertz CT molecular complexity index is 820. The van der Waals surface area contributed by atoms with Crippen LogP contribution >= 0.6 is 35.2 Å². The number of alkyl halides is 1. The minimum atomic E-state index is -0.161. The van der Waals surface area contributed by atoms with E-state index in [0.717, 1.165) is 32.1 Å². The third-order valence-electron chi connectivity index (χ3n) is 6.46. The first-order chi connectivity index (χ1) is 12.8. The van der Waals surface area contributed by atoms with Crippen molar-refractivity contribution in [2.24, 2.45) is 17.8 Å². The lowest BCUT2D eigenvalue weighted by Crippen LogP contribution is -2.44. The van der Waals surface area contributed by atoms with Crippen LogP contribution in [0.2, 0.25) is 0 Å². The number of nitrogens with zero attached hydrogens (tertiary/aromatic N) is 1. The van der Waals surface area contributed by atoms with Crippen LogP contribution < -0.4 is 10.6 Å². The molecule has 4 rings (SSSR count). The maximum Gasteiger partial charge on any atom is 0.265 e. The van der Waals surface area contributed by atoms with Gasteiger partial charge in [-0.25, -0.2) is 0 Å². The van der Waals surface area contributed by atoms with E-state index in [1.54, 1.807) is 0 Å². The quantitative estimate of drug-likeness (QED) is 0.529. The molecule has 2 amide bonds. The van der Waals surface area contributed by atoms with Crippen LogP contribution in [-0.4, -0.2) is 27.8 Å². The zero-order valence-electron chi connectivity index (χ0n) is 15.7. The molecule has 0 saturated heterocycles. The summed E-state index contributed by atoms with van der Waals surface area (Å²) in [5.41, 5.74) is 0. The molecule has 1 aromatic heterocycles. The maximum absolute atomic E-state index is 13.0. The van der Waals surface area contributed by atoms with Crippen molar-refractivity contribution in [1.82, 2.24) is 9.88 Å². The molecular weight excluding hydrogens is 402 g/mol. The summed E-state index contributed by atoms with van der Waals surface area (Å²) >= 11 is 13.2. The standard InChI is InChI=1S/C19H26ClN3O2S2/c1-9-3-5-13(10(2)7-9)21-18(25)15-16-22-17(24)12-8-11(20)4-6-14(12)23(16)19(26)27-15/h9-14H,3-8H2,1-2H3,(H,21,25)(H,22,24). The van der Waals surface area contributed by atoms with Crippen molar-refractivity contribution in [3.05, 3.63) is 8.83 Å². The summed E-state index contributed by atoms with van der Waals surface area (Å²) in [4.78, 5) is 26.2. The Kier molecular flexibility index (Phi) is 5.38. The molecule has 2 aliphatic carbocycles. The number of rotatable bonds is 2. The molecule has 2 saturated carbocycles. The van der Waals surface area contributed by atoms with Crippen LogP contribution in [0.15, 0.2) is 0 Å². The van der Waals surface area contributed by atoms with Crippen LogP contribution in [0.4, 0.5) is 5.82 Å². The van der Waals surface area contributed by atoms with Gasteiger partial charge in [-0.15, -0.1) is 11.6 Å². The molecular formula is C19H26ClN3O2S2. The first-order valence-corrected chi connectivity index (χ1v) is 11.5. The summed E-state index contributed by atoms with van der Waals surface area (Å²) in [6.45, 7) is 4.47. The lowest BCUT2D eigenvalue weighted by molar-refractivity contribution is -0.123. The lowest BCUT2D eigenvalue weighted by atomic mass is 9.80. The molecule has 27 heavy (non-hydrogen) atoms. The molecule has 5 nitrogen and oxygen atoms in total. The van der Waals surface area contributed by atoms with E-state index in [-0.39, 0.29) is 35.2 Å². The minimum Gasteiger partial charge on any atom is -0.348 e. The van der Waals surface area contributed by atoms with Gasteiger partial charge in [0.15, 0.2) is 3.95 Å². The summed E-state index contributed by atoms with van der Waals surface area (Å²) < 4.78 is 2.65.